The van der Waals surface area contributed by atoms with Gasteiger partial charge in [-0.05, 0) is 91.8 Å². The number of aliphatic hydroxyl groups is 5. The summed E-state index contributed by atoms with van der Waals surface area (Å²) in [5, 5.41) is 49.3. The normalized spacial score (nSPS) is 43.0. The van der Waals surface area contributed by atoms with Gasteiger partial charge in [0.1, 0.15) is 18.3 Å². The van der Waals surface area contributed by atoms with E-state index >= 15 is 0 Å². The number of fused-ring (bicyclic) bond motifs is 5. The lowest BCUT2D eigenvalue weighted by molar-refractivity contribution is -0.194. The van der Waals surface area contributed by atoms with E-state index in [4.69, 9.17) is 4.74 Å². The van der Waals surface area contributed by atoms with Crippen LogP contribution in [0.1, 0.15) is 84.5 Å². The molecule has 0 aromatic heterocycles. The van der Waals surface area contributed by atoms with Crippen LogP contribution in [0.4, 0.5) is 0 Å². The van der Waals surface area contributed by atoms with Gasteiger partial charge in [-0.15, -0.1) is 0 Å². The lowest BCUT2D eigenvalue weighted by atomic mass is 9.45. The Morgan fingerprint density at radius 2 is 1.60 bits per heavy atom. The summed E-state index contributed by atoms with van der Waals surface area (Å²) < 4.78 is 5.00. The van der Waals surface area contributed by atoms with Crippen molar-refractivity contribution in [3.8, 4) is 0 Å². The van der Waals surface area contributed by atoms with E-state index in [9.17, 15) is 35.1 Å². The first-order valence-corrected chi connectivity index (χ1v) is 13.6. The highest BCUT2D eigenvalue weighted by Crippen LogP contribution is 2.67. The highest BCUT2D eigenvalue weighted by atomic mass is 16.6. The Bertz CT molecular complexity index is 774. The Morgan fingerprint density at radius 3 is 2.31 bits per heavy atom. The fourth-order valence-corrected chi connectivity index (χ4v) is 8.90. The highest BCUT2D eigenvalue weighted by molar-refractivity contribution is 5.75. The zero-order valence-electron chi connectivity index (χ0n) is 21.1. The standard InChI is InChI=1S/C27H44O8/c1-26-11-4-3-5-15(26)6-8-17-18-9-7-16(27(18,2)12-10-19(17)26)13-21(30)35-25(34)24(33)23(32)22(31)20(29)14-28/h14-24,29-33H,3-13H2,1-2H3/t15?,16-,17+,18+,19+,20+,21?,22-,23+,24+,26+,27-/m1/s1. The SMILES string of the molecule is C[C@]12CC[C@H]3[C@@H](CCC4CCCC[C@@]43C)[C@@H]1CC[C@@H]2CC(O)OC(=O)[C@@H](O)[C@@H](O)[C@H](O)[C@@H](O)C=O. The average molecular weight is 497 g/mol. The molecular weight excluding hydrogens is 452 g/mol. The largest absolute Gasteiger partial charge is 0.434 e. The fourth-order valence-electron chi connectivity index (χ4n) is 8.90. The predicted molar refractivity (Wildman–Crippen MR) is 127 cm³/mol. The molecule has 35 heavy (non-hydrogen) atoms. The van der Waals surface area contributed by atoms with Gasteiger partial charge in [0, 0.05) is 6.42 Å². The van der Waals surface area contributed by atoms with Crippen molar-refractivity contribution in [3.63, 3.8) is 0 Å². The van der Waals surface area contributed by atoms with Gasteiger partial charge in [0.2, 0.25) is 6.29 Å². The molecule has 0 amide bonds. The van der Waals surface area contributed by atoms with Gasteiger partial charge in [0.15, 0.2) is 12.4 Å². The van der Waals surface area contributed by atoms with Crippen molar-refractivity contribution in [2.75, 3.05) is 0 Å². The van der Waals surface area contributed by atoms with Gasteiger partial charge in [-0.2, -0.15) is 0 Å². The lowest BCUT2D eigenvalue weighted by Gasteiger charge is -2.60. The molecule has 5 N–H and O–H groups in total. The molecule has 0 aliphatic heterocycles. The molecule has 0 aromatic rings. The van der Waals surface area contributed by atoms with Gasteiger partial charge >= 0.3 is 5.97 Å². The molecule has 4 saturated carbocycles. The third-order valence-corrected chi connectivity index (χ3v) is 10.9. The zero-order chi connectivity index (χ0) is 25.5. The third-order valence-electron chi connectivity index (χ3n) is 10.9. The first-order valence-electron chi connectivity index (χ1n) is 13.6. The Labute approximate surface area is 208 Å². The molecule has 0 saturated heterocycles. The maximum Gasteiger partial charge on any atom is 0.340 e. The van der Waals surface area contributed by atoms with E-state index in [1.165, 1.54) is 44.9 Å². The molecule has 0 radical (unpaired) electrons. The molecule has 2 unspecified atom stereocenters. The maximum atomic E-state index is 12.2. The molecule has 8 nitrogen and oxygen atoms in total. The second kappa shape index (κ2) is 10.4. The second-order valence-corrected chi connectivity index (χ2v) is 12.4. The van der Waals surface area contributed by atoms with Crippen LogP contribution in [0, 0.1) is 40.4 Å². The number of hydrogen-bond donors (Lipinski definition) is 5. The molecule has 0 bridgehead atoms. The Kier molecular flexibility index (Phi) is 7.99. The van der Waals surface area contributed by atoms with Crippen molar-refractivity contribution >= 4 is 12.3 Å². The fraction of sp³-hybridized carbons (Fsp3) is 0.926. The Morgan fingerprint density at radius 1 is 0.886 bits per heavy atom. The van der Waals surface area contributed by atoms with E-state index in [2.05, 4.69) is 13.8 Å². The molecule has 0 spiro atoms. The maximum absolute atomic E-state index is 12.2. The van der Waals surface area contributed by atoms with Crippen LogP contribution in [-0.4, -0.2) is 68.5 Å². The minimum absolute atomic E-state index is 0.00613. The number of aldehydes is 1. The summed E-state index contributed by atoms with van der Waals surface area (Å²) in [6.07, 6.45) is 3.04. The van der Waals surface area contributed by atoms with Gasteiger partial charge in [-0.3, -0.25) is 0 Å². The summed E-state index contributed by atoms with van der Waals surface area (Å²) in [6, 6.07) is 0. The average Bonchev–Trinajstić information content (AvgIpc) is 3.17. The Hall–Kier alpha value is -1.06. The van der Waals surface area contributed by atoms with E-state index < -0.39 is 36.7 Å². The minimum Gasteiger partial charge on any atom is -0.434 e. The molecule has 8 heteroatoms. The van der Waals surface area contributed by atoms with Crippen LogP contribution in [0.15, 0.2) is 0 Å². The topological polar surface area (TPSA) is 145 Å². The summed E-state index contributed by atoms with van der Waals surface area (Å²) in [7, 11) is 0. The number of hydrogen-bond acceptors (Lipinski definition) is 8. The molecule has 200 valence electrons. The predicted octanol–water partition coefficient (Wildman–Crippen LogP) is 1.93. The number of esters is 1. The van der Waals surface area contributed by atoms with Crippen LogP contribution in [0.5, 0.6) is 0 Å². The van der Waals surface area contributed by atoms with Crippen molar-refractivity contribution in [2.24, 2.45) is 40.4 Å². The van der Waals surface area contributed by atoms with Gasteiger partial charge in [-0.1, -0.05) is 26.7 Å². The number of rotatable bonds is 8. The number of aliphatic hydroxyl groups excluding tert-OH is 5. The van der Waals surface area contributed by atoms with Gasteiger partial charge in [0.05, 0.1) is 0 Å². The summed E-state index contributed by atoms with van der Waals surface area (Å²) in [5.74, 6) is 1.88. The first kappa shape index (κ1) is 27.0. The molecule has 4 fully saturated rings. The minimum atomic E-state index is -2.19. The number of carbonyl (C=O) groups excluding carboxylic acids is 2. The highest BCUT2D eigenvalue weighted by Gasteiger charge is 2.59. The summed E-state index contributed by atoms with van der Waals surface area (Å²) in [4.78, 5) is 22.8. The van der Waals surface area contributed by atoms with Crippen molar-refractivity contribution < 1.29 is 39.9 Å². The molecule has 4 aliphatic rings. The van der Waals surface area contributed by atoms with E-state index in [1.54, 1.807) is 0 Å². The van der Waals surface area contributed by atoms with Crippen molar-refractivity contribution in [1.29, 1.82) is 0 Å². The van der Waals surface area contributed by atoms with E-state index in [0.29, 0.717) is 11.3 Å². The lowest BCUT2D eigenvalue weighted by Crippen LogP contribution is -2.53. The van der Waals surface area contributed by atoms with E-state index in [1.807, 2.05) is 0 Å². The van der Waals surface area contributed by atoms with Crippen LogP contribution < -0.4 is 0 Å². The van der Waals surface area contributed by atoms with Crippen LogP contribution >= 0.6 is 0 Å². The summed E-state index contributed by atoms with van der Waals surface area (Å²) in [6.45, 7) is 4.89. The monoisotopic (exact) mass is 496 g/mol. The van der Waals surface area contributed by atoms with E-state index in [-0.39, 0.29) is 24.0 Å². The van der Waals surface area contributed by atoms with Crippen LogP contribution in [-0.2, 0) is 14.3 Å². The quantitative estimate of drug-likeness (QED) is 0.195. The van der Waals surface area contributed by atoms with E-state index in [0.717, 1.165) is 37.0 Å². The molecule has 0 heterocycles. The van der Waals surface area contributed by atoms with Crippen LogP contribution in [0.25, 0.3) is 0 Å². The van der Waals surface area contributed by atoms with Gasteiger partial charge in [0.25, 0.3) is 0 Å². The van der Waals surface area contributed by atoms with Crippen molar-refractivity contribution in [3.05, 3.63) is 0 Å². The molecule has 12 atom stereocenters. The van der Waals surface area contributed by atoms with Crippen LogP contribution in [0.2, 0.25) is 0 Å². The molecular formula is C27H44O8. The van der Waals surface area contributed by atoms with Gasteiger partial charge in [-0.25, -0.2) is 4.79 Å². The number of carbonyl (C=O) groups is 2. The Balaban J connectivity index is 1.36. The first-order chi connectivity index (χ1) is 16.5. The number of ether oxygens (including phenoxy) is 1. The third kappa shape index (κ3) is 4.81. The molecule has 0 aromatic carbocycles. The zero-order valence-corrected chi connectivity index (χ0v) is 21.1. The molecule has 4 aliphatic carbocycles. The summed E-state index contributed by atoms with van der Waals surface area (Å²) >= 11 is 0. The molecule has 4 rings (SSSR count). The van der Waals surface area contributed by atoms with Gasteiger partial charge < -0.3 is 35.1 Å². The van der Waals surface area contributed by atoms with Crippen LogP contribution in [0.3, 0.4) is 0 Å². The smallest absolute Gasteiger partial charge is 0.340 e. The van der Waals surface area contributed by atoms with Crippen molar-refractivity contribution in [2.45, 2.75) is 115 Å². The second-order valence-electron chi connectivity index (χ2n) is 12.4. The summed E-state index contributed by atoms with van der Waals surface area (Å²) in [5.41, 5.74) is 0.545. The van der Waals surface area contributed by atoms with Crippen molar-refractivity contribution in [1.82, 2.24) is 0 Å².